The molecule has 11 heteroatoms. The van der Waals surface area contributed by atoms with Crippen molar-refractivity contribution in [3.8, 4) is 5.75 Å². The van der Waals surface area contributed by atoms with Crippen LogP contribution in [0.1, 0.15) is 32.3 Å². The fourth-order valence-corrected chi connectivity index (χ4v) is 2.37. The molecular weight excluding hydrogens is 407 g/mol. The Bertz CT molecular complexity index is 658. The van der Waals surface area contributed by atoms with Crippen molar-refractivity contribution in [2.75, 3.05) is 13.7 Å². The third kappa shape index (κ3) is 4.49. The van der Waals surface area contributed by atoms with E-state index in [4.69, 9.17) is 9.47 Å². The Morgan fingerprint density at radius 1 is 0.893 bits per heavy atom. The smallest absolute Gasteiger partial charge is 0.460 e. The van der Waals surface area contributed by atoms with Crippen molar-refractivity contribution in [3.05, 3.63) is 29.8 Å². The molecule has 0 N–H and O–H groups in total. The number of alkyl halides is 9. The van der Waals surface area contributed by atoms with Gasteiger partial charge in [0.2, 0.25) is 0 Å². The van der Waals surface area contributed by atoms with Crippen LogP contribution >= 0.6 is 0 Å². The van der Waals surface area contributed by atoms with E-state index in [2.05, 4.69) is 0 Å². The van der Waals surface area contributed by atoms with Gasteiger partial charge < -0.3 is 9.47 Å². The third-order valence-corrected chi connectivity index (χ3v) is 4.14. The number of methoxy groups -OCH3 is 1. The Kier molecular flexibility index (Phi) is 6.97. The lowest BCUT2D eigenvalue weighted by atomic mass is 9.85. The van der Waals surface area contributed by atoms with Gasteiger partial charge in [-0.1, -0.05) is 19.1 Å². The quantitative estimate of drug-likeness (QED) is 0.438. The molecule has 28 heavy (non-hydrogen) atoms. The predicted molar refractivity (Wildman–Crippen MR) is 82.1 cm³/mol. The molecule has 0 saturated carbocycles. The van der Waals surface area contributed by atoms with Gasteiger partial charge in [0.1, 0.15) is 5.75 Å². The Morgan fingerprint density at radius 2 is 1.46 bits per heavy atom. The van der Waals surface area contributed by atoms with Crippen LogP contribution in [-0.4, -0.2) is 37.7 Å². The molecule has 0 heterocycles. The second-order valence-electron chi connectivity index (χ2n) is 6.34. The molecule has 0 aliphatic carbocycles. The zero-order valence-electron chi connectivity index (χ0n) is 15.1. The zero-order chi connectivity index (χ0) is 22.0. The maximum atomic E-state index is 14.1. The van der Waals surface area contributed by atoms with Crippen LogP contribution in [0.15, 0.2) is 24.3 Å². The maximum Gasteiger partial charge on any atom is 0.460 e. The van der Waals surface area contributed by atoms with E-state index in [1.807, 2.05) is 0 Å². The van der Waals surface area contributed by atoms with E-state index in [0.717, 1.165) is 20.1 Å². The van der Waals surface area contributed by atoms with Crippen LogP contribution in [0, 0.1) is 0 Å². The number of ether oxygens (including phenoxy) is 2. The Balaban J connectivity index is 3.29. The predicted octanol–water partition coefficient (Wildman–Crippen LogP) is 6.20. The van der Waals surface area contributed by atoms with Gasteiger partial charge in [0, 0.05) is 7.11 Å². The van der Waals surface area contributed by atoms with Crippen molar-refractivity contribution in [2.45, 2.75) is 56.2 Å². The van der Waals surface area contributed by atoms with E-state index in [-0.39, 0.29) is 17.9 Å². The molecule has 1 aromatic carbocycles. The molecule has 2 nitrogen and oxygen atoms in total. The summed E-state index contributed by atoms with van der Waals surface area (Å²) in [6.07, 6.45) is -8.40. The zero-order valence-corrected chi connectivity index (χ0v) is 15.1. The van der Waals surface area contributed by atoms with E-state index in [1.54, 1.807) is 6.92 Å². The SMILES string of the molecule is CCCOc1cccc(C(C)(CC(F)(F)C(F)(F)C(F)(F)C(F)(F)F)OC)c1. The second-order valence-corrected chi connectivity index (χ2v) is 6.34. The molecule has 1 rings (SSSR count). The highest BCUT2D eigenvalue weighted by atomic mass is 19.4. The molecule has 0 spiro atoms. The molecule has 162 valence electrons. The molecular formula is C17H19F9O2. The highest BCUT2D eigenvalue weighted by molar-refractivity contribution is 5.32. The largest absolute Gasteiger partial charge is 0.494 e. The third-order valence-electron chi connectivity index (χ3n) is 4.14. The molecule has 0 amide bonds. The van der Waals surface area contributed by atoms with Crippen LogP contribution in [0.2, 0.25) is 0 Å². The van der Waals surface area contributed by atoms with Crippen molar-refractivity contribution in [2.24, 2.45) is 0 Å². The molecule has 1 unspecified atom stereocenters. The molecule has 0 aromatic heterocycles. The van der Waals surface area contributed by atoms with Gasteiger partial charge in [-0.05, 0) is 31.0 Å². The molecule has 0 aliphatic rings. The normalized spacial score (nSPS) is 16.0. The fraction of sp³-hybridized carbons (Fsp3) is 0.647. The van der Waals surface area contributed by atoms with Gasteiger partial charge in [0.05, 0.1) is 18.6 Å². The van der Waals surface area contributed by atoms with Crippen LogP contribution in [0.5, 0.6) is 5.75 Å². The summed E-state index contributed by atoms with van der Waals surface area (Å²) in [5, 5.41) is 0. The lowest BCUT2D eigenvalue weighted by Crippen LogP contribution is -2.62. The highest BCUT2D eigenvalue weighted by Crippen LogP contribution is 2.56. The van der Waals surface area contributed by atoms with Crippen molar-refractivity contribution in [1.82, 2.24) is 0 Å². The lowest BCUT2D eigenvalue weighted by molar-refractivity contribution is -0.400. The first kappa shape index (κ1) is 24.4. The summed E-state index contributed by atoms with van der Waals surface area (Å²) in [5.74, 6) is -19.2. The van der Waals surface area contributed by atoms with Crippen LogP contribution in [0.25, 0.3) is 0 Å². The van der Waals surface area contributed by atoms with Gasteiger partial charge in [-0.2, -0.15) is 39.5 Å². The van der Waals surface area contributed by atoms with Crippen molar-refractivity contribution in [1.29, 1.82) is 0 Å². The number of halogens is 9. The van der Waals surface area contributed by atoms with E-state index >= 15 is 0 Å². The van der Waals surface area contributed by atoms with Crippen molar-refractivity contribution >= 4 is 0 Å². The van der Waals surface area contributed by atoms with Crippen LogP contribution in [0.3, 0.4) is 0 Å². The number of benzene rings is 1. The van der Waals surface area contributed by atoms with E-state index in [9.17, 15) is 39.5 Å². The molecule has 0 bridgehead atoms. The average Bonchev–Trinajstić information content (AvgIpc) is 2.58. The standard InChI is InChI=1S/C17H19F9O2/c1-4-8-28-12-7-5-6-11(9-12)13(2,27-3)10-14(18,19)15(20,21)16(22,23)17(24,25)26/h5-7,9H,4,8,10H2,1-3H3. The first-order valence-electron chi connectivity index (χ1n) is 8.04. The van der Waals surface area contributed by atoms with Gasteiger partial charge in [0.25, 0.3) is 0 Å². The minimum atomic E-state index is -6.94. The summed E-state index contributed by atoms with van der Waals surface area (Å²) in [5.41, 5.74) is -2.46. The summed E-state index contributed by atoms with van der Waals surface area (Å²) in [4.78, 5) is 0. The fourth-order valence-electron chi connectivity index (χ4n) is 2.37. The Morgan fingerprint density at radius 3 is 1.93 bits per heavy atom. The minimum Gasteiger partial charge on any atom is -0.494 e. The molecule has 1 aromatic rings. The second kappa shape index (κ2) is 8.00. The van der Waals surface area contributed by atoms with E-state index in [0.29, 0.717) is 6.42 Å². The van der Waals surface area contributed by atoms with E-state index in [1.165, 1.54) is 18.2 Å². The first-order chi connectivity index (χ1) is 12.6. The van der Waals surface area contributed by atoms with Crippen molar-refractivity contribution in [3.63, 3.8) is 0 Å². The molecule has 1 atom stereocenters. The van der Waals surface area contributed by atoms with Crippen LogP contribution in [-0.2, 0) is 10.3 Å². The number of hydrogen-bond acceptors (Lipinski definition) is 2. The molecule has 0 saturated heterocycles. The monoisotopic (exact) mass is 426 g/mol. The van der Waals surface area contributed by atoms with E-state index < -0.39 is 36.0 Å². The van der Waals surface area contributed by atoms with Gasteiger partial charge in [0.15, 0.2) is 0 Å². The van der Waals surface area contributed by atoms with Gasteiger partial charge in [-0.3, -0.25) is 0 Å². The minimum absolute atomic E-state index is 0.158. The molecule has 0 fully saturated rings. The summed E-state index contributed by atoms with van der Waals surface area (Å²) < 4.78 is 128. The first-order valence-corrected chi connectivity index (χ1v) is 8.04. The molecule has 0 aliphatic heterocycles. The van der Waals surface area contributed by atoms with Crippen LogP contribution in [0.4, 0.5) is 39.5 Å². The average molecular weight is 426 g/mol. The molecule has 0 radical (unpaired) electrons. The summed E-state index contributed by atoms with van der Waals surface area (Å²) in [6.45, 7) is 2.91. The summed E-state index contributed by atoms with van der Waals surface area (Å²) in [6, 6.07) is 5.09. The van der Waals surface area contributed by atoms with Crippen molar-refractivity contribution < 1.29 is 49.0 Å². The number of hydrogen-bond donors (Lipinski definition) is 0. The number of rotatable bonds is 9. The van der Waals surface area contributed by atoms with Gasteiger partial charge in [-0.25, -0.2) is 0 Å². The maximum absolute atomic E-state index is 14.1. The summed E-state index contributed by atoms with van der Waals surface area (Å²) >= 11 is 0. The topological polar surface area (TPSA) is 18.5 Å². The van der Waals surface area contributed by atoms with Gasteiger partial charge in [-0.15, -0.1) is 0 Å². The van der Waals surface area contributed by atoms with Crippen LogP contribution < -0.4 is 4.74 Å². The highest BCUT2D eigenvalue weighted by Gasteiger charge is 2.82. The van der Waals surface area contributed by atoms with Gasteiger partial charge >= 0.3 is 23.9 Å². The Labute approximate surface area is 155 Å². The lowest BCUT2D eigenvalue weighted by Gasteiger charge is -2.38. The Hall–Kier alpha value is -1.65. The summed E-state index contributed by atoms with van der Waals surface area (Å²) in [7, 11) is 0.843.